The van der Waals surface area contributed by atoms with Gasteiger partial charge in [-0.15, -0.1) is 0 Å². The molecule has 2 rings (SSSR count). The number of ether oxygens (including phenoxy) is 1. The van der Waals surface area contributed by atoms with Gasteiger partial charge in [0, 0.05) is 29.4 Å². The number of hydrogen-bond acceptors (Lipinski definition) is 4. The van der Waals surface area contributed by atoms with Crippen molar-refractivity contribution >= 4 is 23.0 Å². The van der Waals surface area contributed by atoms with E-state index in [-0.39, 0.29) is 23.1 Å². The van der Waals surface area contributed by atoms with E-state index in [1.165, 1.54) is 30.3 Å². The van der Waals surface area contributed by atoms with Crippen molar-refractivity contribution < 1.29 is 14.1 Å². The number of hydrogen-bond donors (Lipinski definition) is 1. The number of halogens is 2. The van der Waals surface area contributed by atoms with Crippen LogP contribution in [0.4, 0.5) is 15.8 Å². The lowest BCUT2D eigenvalue weighted by Crippen LogP contribution is -2.01. The van der Waals surface area contributed by atoms with E-state index in [1.807, 2.05) is 0 Å². The third kappa shape index (κ3) is 3.16. The summed E-state index contributed by atoms with van der Waals surface area (Å²) in [6.07, 6.45) is 0. The van der Waals surface area contributed by atoms with Crippen LogP contribution in [0.15, 0.2) is 36.4 Å². The minimum atomic E-state index is -0.601. The molecule has 0 aliphatic heterocycles. The van der Waals surface area contributed by atoms with Crippen LogP contribution in [0, 0.1) is 15.9 Å². The Hall–Kier alpha value is -2.34. The van der Waals surface area contributed by atoms with E-state index >= 15 is 0 Å². The van der Waals surface area contributed by atoms with Crippen molar-refractivity contribution in [3.63, 3.8) is 0 Å². The highest BCUT2D eigenvalue weighted by molar-refractivity contribution is 6.30. The molecule has 2 aromatic carbocycles. The van der Waals surface area contributed by atoms with Crippen molar-refractivity contribution in [2.75, 3.05) is 5.73 Å². The van der Waals surface area contributed by atoms with Gasteiger partial charge in [-0.1, -0.05) is 11.6 Å². The molecule has 0 atom stereocenters. The van der Waals surface area contributed by atoms with Gasteiger partial charge in [0.25, 0.3) is 5.69 Å². The first-order valence-electron chi connectivity index (χ1n) is 5.58. The molecule has 0 aliphatic rings. The average Bonchev–Trinajstić information content (AvgIpc) is 2.41. The Morgan fingerprint density at radius 1 is 1.30 bits per heavy atom. The Kier molecular flexibility index (Phi) is 4.05. The van der Waals surface area contributed by atoms with Crippen LogP contribution in [-0.4, -0.2) is 4.92 Å². The number of rotatable bonds is 4. The fourth-order valence-corrected chi connectivity index (χ4v) is 1.68. The van der Waals surface area contributed by atoms with Gasteiger partial charge in [0.15, 0.2) is 0 Å². The molecule has 0 amide bonds. The zero-order chi connectivity index (χ0) is 14.7. The molecule has 0 saturated carbocycles. The van der Waals surface area contributed by atoms with Crippen LogP contribution in [0.2, 0.25) is 5.02 Å². The highest BCUT2D eigenvalue weighted by Gasteiger charge is 2.10. The van der Waals surface area contributed by atoms with E-state index in [0.717, 1.165) is 6.07 Å². The largest absolute Gasteiger partial charge is 0.489 e. The van der Waals surface area contributed by atoms with E-state index < -0.39 is 10.7 Å². The molecule has 0 heterocycles. The van der Waals surface area contributed by atoms with Crippen molar-refractivity contribution in [3.8, 4) is 5.75 Å². The maximum Gasteiger partial charge on any atom is 0.269 e. The number of anilines is 1. The van der Waals surface area contributed by atoms with Gasteiger partial charge in [-0.25, -0.2) is 4.39 Å². The lowest BCUT2D eigenvalue weighted by molar-refractivity contribution is -0.384. The highest BCUT2D eigenvalue weighted by Crippen LogP contribution is 2.24. The zero-order valence-corrected chi connectivity index (χ0v) is 10.9. The van der Waals surface area contributed by atoms with Crippen molar-refractivity contribution in [1.29, 1.82) is 0 Å². The van der Waals surface area contributed by atoms with Gasteiger partial charge in [-0.05, 0) is 18.2 Å². The highest BCUT2D eigenvalue weighted by atomic mass is 35.5. The van der Waals surface area contributed by atoms with Gasteiger partial charge in [0.2, 0.25) is 0 Å². The van der Waals surface area contributed by atoms with Crippen LogP contribution >= 0.6 is 11.6 Å². The molecule has 0 radical (unpaired) electrons. The summed E-state index contributed by atoms with van der Waals surface area (Å²) < 4.78 is 18.6. The van der Waals surface area contributed by atoms with Gasteiger partial charge in [0.05, 0.1) is 9.95 Å². The monoisotopic (exact) mass is 296 g/mol. The molecule has 0 aliphatic carbocycles. The summed E-state index contributed by atoms with van der Waals surface area (Å²) in [6.45, 7) is -0.00537. The second-order valence-electron chi connectivity index (χ2n) is 4.00. The molecule has 0 spiro atoms. The van der Waals surface area contributed by atoms with Gasteiger partial charge < -0.3 is 10.5 Å². The molecule has 0 fully saturated rings. The average molecular weight is 297 g/mol. The molecule has 2 N–H and O–H groups in total. The minimum Gasteiger partial charge on any atom is -0.489 e. The molecule has 0 unspecified atom stereocenters. The molecule has 0 aromatic heterocycles. The van der Waals surface area contributed by atoms with Crippen LogP contribution in [0.1, 0.15) is 5.56 Å². The molecule has 0 bridgehead atoms. The number of nitro benzene ring substituents is 1. The van der Waals surface area contributed by atoms with E-state index in [9.17, 15) is 14.5 Å². The van der Waals surface area contributed by atoms with E-state index in [1.54, 1.807) is 0 Å². The molecular weight excluding hydrogens is 287 g/mol. The van der Waals surface area contributed by atoms with Crippen LogP contribution in [0.3, 0.4) is 0 Å². The quantitative estimate of drug-likeness (QED) is 0.531. The van der Waals surface area contributed by atoms with E-state index in [4.69, 9.17) is 22.1 Å². The van der Waals surface area contributed by atoms with Crippen LogP contribution in [0.5, 0.6) is 5.75 Å². The Morgan fingerprint density at radius 3 is 2.70 bits per heavy atom. The van der Waals surface area contributed by atoms with Crippen LogP contribution in [0.25, 0.3) is 0 Å². The first-order chi connectivity index (χ1) is 9.47. The summed E-state index contributed by atoms with van der Waals surface area (Å²) in [7, 11) is 0. The number of nitrogens with two attached hydrogens (primary N) is 1. The Bertz CT molecular complexity index is 664. The number of nitro groups is 1. The molecule has 20 heavy (non-hydrogen) atoms. The van der Waals surface area contributed by atoms with Crippen molar-refractivity contribution in [2.45, 2.75) is 6.61 Å². The van der Waals surface area contributed by atoms with Crippen molar-refractivity contribution in [2.24, 2.45) is 0 Å². The predicted octanol–water partition coefficient (Wildman–Crippen LogP) is 3.55. The lowest BCUT2D eigenvalue weighted by Gasteiger charge is -2.09. The molecule has 104 valence electrons. The molecule has 5 nitrogen and oxygen atoms in total. The first kappa shape index (κ1) is 14.1. The fourth-order valence-electron chi connectivity index (χ4n) is 1.56. The fraction of sp³-hybridized carbons (Fsp3) is 0.0769. The predicted molar refractivity (Wildman–Crippen MR) is 73.3 cm³/mol. The minimum absolute atomic E-state index is 0.00537. The lowest BCUT2D eigenvalue weighted by atomic mass is 10.1. The van der Waals surface area contributed by atoms with Gasteiger partial charge >= 0.3 is 0 Å². The summed E-state index contributed by atoms with van der Waals surface area (Å²) >= 11 is 5.55. The topological polar surface area (TPSA) is 78.4 Å². The third-order valence-electron chi connectivity index (χ3n) is 2.62. The standard InChI is InChI=1S/C13H10ClFN2O3/c14-11-3-2-10(6-12(11)15)20-7-8-5-9(17(18)19)1-4-13(8)16/h1-6H,7,16H2. The summed E-state index contributed by atoms with van der Waals surface area (Å²) in [5.74, 6) is -0.339. The Morgan fingerprint density at radius 2 is 2.05 bits per heavy atom. The summed E-state index contributed by atoms with van der Waals surface area (Å²) in [4.78, 5) is 10.2. The normalized spacial score (nSPS) is 10.3. The maximum atomic E-state index is 13.2. The maximum absolute atomic E-state index is 13.2. The van der Waals surface area contributed by atoms with E-state index in [2.05, 4.69) is 0 Å². The summed E-state index contributed by atoms with van der Waals surface area (Å²) in [5, 5.41) is 10.7. The SMILES string of the molecule is Nc1ccc([N+](=O)[O-])cc1COc1ccc(Cl)c(F)c1. The first-order valence-corrected chi connectivity index (χ1v) is 5.96. The van der Waals surface area contributed by atoms with E-state index in [0.29, 0.717) is 11.3 Å². The second-order valence-corrected chi connectivity index (χ2v) is 4.41. The van der Waals surface area contributed by atoms with Crippen LogP contribution in [-0.2, 0) is 6.61 Å². The van der Waals surface area contributed by atoms with Crippen molar-refractivity contribution in [3.05, 3.63) is 62.9 Å². The summed E-state index contributed by atoms with van der Waals surface area (Å²) in [5.41, 5.74) is 6.45. The molecule has 7 heteroatoms. The zero-order valence-electron chi connectivity index (χ0n) is 10.2. The molecule has 2 aromatic rings. The second kappa shape index (κ2) is 5.75. The number of benzene rings is 2. The number of non-ortho nitro benzene ring substituents is 1. The third-order valence-corrected chi connectivity index (χ3v) is 2.93. The van der Waals surface area contributed by atoms with Gasteiger partial charge in [-0.2, -0.15) is 0 Å². The molecule has 0 saturated heterocycles. The molecular formula is C13H10ClFN2O3. The van der Waals surface area contributed by atoms with Crippen molar-refractivity contribution in [1.82, 2.24) is 0 Å². The number of nitrogens with zero attached hydrogens (tertiary/aromatic N) is 1. The van der Waals surface area contributed by atoms with Crippen LogP contribution < -0.4 is 10.5 Å². The summed E-state index contributed by atoms with van der Waals surface area (Å²) in [6, 6.07) is 8.06. The number of nitrogen functional groups attached to an aromatic ring is 1. The Labute approximate surface area is 118 Å². The smallest absolute Gasteiger partial charge is 0.269 e. The van der Waals surface area contributed by atoms with Gasteiger partial charge in [-0.3, -0.25) is 10.1 Å². The van der Waals surface area contributed by atoms with Gasteiger partial charge in [0.1, 0.15) is 18.2 Å². The Balaban J connectivity index is 2.15.